The Morgan fingerprint density at radius 3 is 2.61 bits per heavy atom. The summed E-state index contributed by atoms with van der Waals surface area (Å²) in [7, 11) is 0. The van der Waals surface area contributed by atoms with Gasteiger partial charge in [-0.3, -0.25) is 9.59 Å². The molecule has 168 valence electrons. The Bertz CT molecular complexity index is 1360. The number of benzene rings is 2. The molecular weight excluding hydrogens is 441 g/mol. The van der Waals surface area contributed by atoms with Gasteiger partial charge in [0, 0.05) is 24.3 Å². The van der Waals surface area contributed by atoms with Crippen LogP contribution in [0.3, 0.4) is 0 Å². The molecule has 3 heterocycles. The van der Waals surface area contributed by atoms with E-state index in [1.54, 1.807) is 6.07 Å². The number of carbonyl (C=O) groups is 1. The summed E-state index contributed by atoms with van der Waals surface area (Å²) < 4.78 is 15.3. The third-order valence-electron chi connectivity index (χ3n) is 5.56. The van der Waals surface area contributed by atoms with Crippen LogP contribution >= 0.6 is 11.3 Å². The van der Waals surface area contributed by atoms with Gasteiger partial charge in [-0.2, -0.15) is 5.10 Å². The van der Waals surface area contributed by atoms with E-state index in [1.165, 1.54) is 36.0 Å². The number of nitrogens with one attached hydrogen (secondary N) is 1. The number of aromatic nitrogens is 3. The van der Waals surface area contributed by atoms with Gasteiger partial charge in [0.1, 0.15) is 18.1 Å². The Kier molecular flexibility index (Phi) is 5.87. The Morgan fingerprint density at radius 1 is 1.06 bits per heavy atom. The molecule has 9 heteroatoms. The maximum Gasteiger partial charge on any atom is 0.294 e. The maximum absolute atomic E-state index is 13.4. The number of rotatable bonds is 5. The molecule has 5 rings (SSSR count). The van der Waals surface area contributed by atoms with Crippen molar-refractivity contribution < 1.29 is 9.18 Å². The first-order valence-corrected chi connectivity index (χ1v) is 11.7. The summed E-state index contributed by atoms with van der Waals surface area (Å²) >= 11 is 1.47. The van der Waals surface area contributed by atoms with E-state index in [0.717, 1.165) is 41.3 Å². The number of fused-ring (bicyclic) bond motifs is 1. The molecule has 1 fully saturated rings. The van der Waals surface area contributed by atoms with Gasteiger partial charge >= 0.3 is 0 Å². The molecule has 0 unspecified atom stereocenters. The van der Waals surface area contributed by atoms with Crippen LogP contribution in [0.1, 0.15) is 19.3 Å². The molecule has 1 aliphatic heterocycles. The van der Waals surface area contributed by atoms with Gasteiger partial charge in [0.25, 0.3) is 5.56 Å². The molecule has 0 aliphatic carbocycles. The predicted molar refractivity (Wildman–Crippen MR) is 128 cm³/mol. The standard InChI is InChI=1S/C24H22FN5O2S/c25-17-10-7-11-18(14-17)26-19(31)15-30-23(32)21-22(20(28-30)16-8-3-1-4-9-16)33-24(27-21)29-12-5-2-6-13-29/h1,3-4,7-11,14H,2,5-6,12-13,15H2,(H,26,31). The number of halogens is 1. The van der Waals surface area contributed by atoms with Crippen LogP contribution in [0.2, 0.25) is 0 Å². The quantitative estimate of drug-likeness (QED) is 0.478. The summed E-state index contributed by atoms with van der Waals surface area (Å²) in [5.41, 5.74) is 1.67. The topological polar surface area (TPSA) is 80.1 Å². The van der Waals surface area contributed by atoms with E-state index in [-0.39, 0.29) is 6.54 Å². The highest BCUT2D eigenvalue weighted by Crippen LogP contribution is 2.34. The van der Waals surface area contributed by atoms with Crippen LogP contribution in [-0.2, 0) is 11.3 Å². The third-order valence-corrected chi connectivity index (χ3v) is 6.69. The van der Waals surface area contributed by atoms with Crippen molar-refractivity contribution in [2.75, 3.05) is 23.3 Å². The van der Waals surface area contributed by atoms with Gasteiger partial charge in [0.15, 0.2) is 10.6 Å². The van der Waals surface area contributed by atoms with Gasteiger partial charge in [0.05, 0.1) is 4.70 Å². The van der Waals surface area contributed by atoms with E-state index < -0.39 is 17.3 Å². The fourth-order valence-electron chi connectivity index (χ4n) is 3.96. The van der Waals surface area contributed by atoms with E-state index in [0.29, 0.717) is 21.6 Å². The number of thiazole rings is 1. The third kappa shape index (κ3) is 4.49. The molecule has 4 aromatic rings. The van der Waals surface area contributed by atoms with Crippen molar-refractivity contribution in [1.82, 2.24) is 14.8 Å². The zero-order chi connectivity index (χ0) is 22.8. The van der Waals surface area contributed by atoms with Crippen LogP contribution in [0.15, 0.2) is 59.4 Å². The Morgan fingerprint density at radius 2 is 1.85 bits per heavy atom. The Balaban J connectivity index is 1.55. The molecule has 7 nitrogen and oxygen atoms in total. The van der Waals surface area contributed by atoms with Crippen molar-refractivity contribution >= 4 is 38.3 Å². The molecule has 2 aromatic heterocycles. The number of amides is 1. The molecule has 0 spiro atoms. The highest BCUT2D eigenvalue weighted by Gasteiger charge is 2.22. The molecule has 1 aliphatic rings. The lowest BCUT2D eigenvalue weighted by atomic mass is 10.1. The second-order valence-corrected chi connectivity index (χ2v) is 8.94. The fraction of sp³-hybridized carbons (Fsp3) is 0.250. The smallest absolute Gasteiger partial charge is 0.294 e. The van der Waals surface area contributed by atoms with Gasteiger partial charge in [-0.05, 0) is 37.5 Å². The lowest BCUT2D eigenvalue weighted by Crippen LogP contribution is -2.30. The van der Waals surface area contributed by atoms with Crippen molar-refractivity contribution in [2.24, 2.45) is 0 Å². The second kappa shape index (κ2) is 9.11. The molecule has 1 N–H and O–H groups in total. The van der Waals surface area contributed by atoms with E-state index in [4.69, 9.17) is 0 Å². The normalized spacial score (nSPS) is 13.9. The largest absolute Gasteiger partial charge is 0.348 e. The predicted octanol–water partition coefficient (Wildman–Crippen LogP) is 4.29. The van der Waals surface area contributed by atoms with Crippen molar-refractivity contribution in [3.63, 3.8) is 0 Å². The molecule has 0 bridgehead atoms. The van der Waals surface area contributed by atoms with Crippen LogP contribution in [0.5, 0.6) is 0 Å². The minimum Gasteiger partial charge on any atom is -0.348 e. The van der Waals surface area contributed by atoms with Crippen LogP contribution in [0.4, 0.5) is 15.2 Å². The number of piperidine rings is 1. The Labute approximate surface area is 193 Å². The van der Waals surface area contributed by atoms with Gasteiger partial charge in [-0.25, -0.2) is 14.1 Å². The molecule has 1 saturated heterocycles. The SMILES string of the molecule is O=C(Cn1nc(-c2ccccc2)c2sc(N3CCCCC3)nc2c1=O)Nc1cccc(F)c1. The summed E-state index contributed by atoms with van der Waals surface area (Å²) in [6.45, 7) is 1.53. The van der Waals surface area contributed by atoms with E-state index >= 15 is 0 Å². The zero-order valence-electron chi connectivity index (χ0n) is 17.8. The van der Waals surface area contributed by atoms with Gasteiger partial charge < -0.3 is 10.2 Å². The second-order valence-electron chi connectivity index (χ2n) is 7.96. The van der Waals surface area contributed by atoms with E-state index in [1.807, 2.05) is 30.3 Å². The van der Waals surface area contributed by atoms with E-state index in [9.17, 15) is 14.0 Å². The summed E-state index contributed by atoms with van der Waals surface area (Å²) in [5.74, 6) is -0.927. The average molecular weight is 464 g/mol. The van der Waals surface area contributed by atoms with Gasteiger partial charge in [-0.1, -0.05) is 47.7 Å². The van der Waals surface area contributed by atoms with Crippen LogP contribution in [0, 0.1) is 5.82 Å². The Hall–Kier alpha value is -3.59. The first-order valence-electron chi connectivity index (χ1n) is 10.9. The van der Waals surface area contributed by atoms with Crippen molar-refractivity contribution in [1.29, 1.82) is 0 Å². The highest BCUT2D eigenvalue weighted by molar-refractivity contribution is 7.22. The highest BCUT2D eigenvalue weighted by atomic mass is 32.1. The lowest BCUT2D eigenvalue weighted by Gasteiger charge is -2.25. The summed E-state index contributed by atoms with van der Waals surface area (Å²) in [5, 5.41) is 7.98. The summed E-state index contributed by atoms with van der Waals surface area (Å²) in [6, 6.07) is 15.2. The van der Waals surface area contributed by atoms with Gasteiger partial charge in [0.2, 0.25) is 5.91 Å². The summed E-state index contributed by atoms with van der Waals surface area (Å²) in [6.07, 6.45) is 3.40. The molecular formula is C24H22FN5O2S. The molecule has 0 radical (unpaired) electrons. The number of hydrogen-bond donors (Lipinski definition) is 1. The number of nitrogens with zero attached hydrogens (tertiary/aromatic N) is 4. The fourth-order valence-corrected chi connectivity index (χ4v) is 5.08. The maximum atomic E-state index is 13.4. The molecule has 33 heavy (non-hydrogen) atoms. The first-order chi connectivity index (χ1) is 16.1. The summed E-state index contributed by atoms with van der Waals surface area (Å²) in [4.78, 5) is 32.7. The van der Waals surface area contributed by atoms with Crippen LogP contribution in [-0.4, -0.2) is 33.8 Å². The van der Waals surface area contributed by atoms with E-state index in [2.05, 4.69) is 20.3 Å². The van der Waals surface area contributed by atoms with Crippen molar-refractivity contribution in [2.45, 2.75) is 25.8 Å². The van der Waals surface area contributed by atoms with Crippen molar-refractivity contribution in [3.05, 3.63) is 70.8 Å². The number of carbonyl (C=O) groups excluding carboxylic acids is 1. The minimum atomic E-state index is -0.472. The zero-order valence-corrected chi connectivity index (χ0v) is 18.6. The van der Waals surface area contributed by atoms with Crippen molar-refractivity contribution in [3.8, 4) is 11.3 Å². The van der Waals surface area contributed by atoms with Crippen LogP contribution in [0.25, 0.3) is 21.5 Å². The molecule has 1 amide bonds. The lowest BCUT2D eigenvalue weighted by molar-refractivity contribution is -0.117. The number of anilines is 2. The minimum absolute atomic E-state index is 0.304. The number of hydrogen-bond acceptors (Lipinski definition) is 6. The molecule has 0 atom stereocenters. The van der Waals surface area contributed by atoms with Crippen LogP contribution < -0.4 is 15.8 Å². The first kappa shape index (κ1) is 21.3. The monoisotopic (exact) mass is 463 g/mol. The molecule has 0 saturated carbocycles. The average Bonchev–Trinajstić information content (AvgIpc) is 3.28. The molecule has 2 aromatic carbocycles. The van der Waals surface area contributed by atoms with Gasteiger partial charge in [-0.15, -0.1) is 0 Å².